The summed E-state index contributed by atoms with van der Waals surface area (Å²) in [7, 11) is 1.67. The molecule has 0 radical (unpaired) electrons. The summed E-state index contributed by atoms with van der Waals surface area (Å²) in [6.45, 7) is 3.41. The Labute approximate surface area is 174 Å². The lowest BCUT2D eigenvalue weighted by molar-refractivity contribution is 0.122. The van der Waals surface area contributed by atoms with E-state index in [1.165, 1.54) is 5.69 Å². The predicted octanol–water partition coefficient (Wildman–Crippen LogP) is 3.99. The molecule has 2 aromatic carbocycles. The Morgan fingerprint density at radius 3 is 2.47 bits per heavy atom. The molecule has 3 heterocycles. The highest BCUT2D eigenvalue weighted by Gasteiger charge is 2.13. The van der Waals surface area contributed by atoms with Gasteiger partial charge in [0.05, 0.1) is 32.2 Å². The van der Waals surface area contributed by atoms with Gasteiger partial charge in [0.1, 0.15) is 5.75 Å². The van der Waals surface area contributed by atoms with Crippen LogP contribution in [0.4, 0.5) is 17.2 Å². The molecule has 1 N–H and O–H groups in total. The van der Waals surface area contributed by atoms with Crippen molar-refractivity contribution in [1.82, 2.24) is 14.4 Å². The van der Waals surface area contributed by atoms with Crippen molar-refractivity contribution in [3.63, 3.8) is 0 Å². The van der Waals surface area contributed by atoms with Gasteiger partial charge in [-0.25, -0.2) is 9.97 Å². The molecule has 4 aromatic rings. The number of rotatable bonds is 5. The summed E-state index contributed by atoms with van der Waals surface area (Å²) in [5.41, 5.74) is 5.02. The number of nitrogens with one attached hydrogen (secondary N) is 1. The number of anilines is 3. The first-order valence-corrected chi connectivity index (χ1v) is 9.98. The third-order valence-corrected chi connectivity index (χ3v) is 5.32. The zero-order valence-corrected chi connectivity index (χ0v) is 16.8. The third-order valence-electron chi connectivity index (χ3n) is 5.32. The molecule has 1 saturated heterocycles. The van der Waals surface area contributed by atoms with Gasteiger partial charge in [-0.05, 0) is 48.5 Å². The van der Waals surface area contributed by atoms with E-state index in [-0.39, 0.29) is 0 Å². The van der Waals surface area contributed by atoms with E-state index in [0.717, 1.165) is 60.5 Å². The fraction of sp³-hybridized carbons (Fsp3) is 0.217. The van der Waals surface area contributed by atoms with Crippen molar-refractivity contribution in [3.05, 3.63) is 67.1 Å². The normalized spacial score (nSPS) is 14.1. The maximum Gasteiger partial charge on any atom is 0.180 e. The second-order valence-corrected chi connectivity index (χ2v) is 7.11. The van der Waals surface area contributed by atoms with Gasteiger partial charge < -0.3 is 19.7 Å². The molecule has 7 heteroatoms. The van der Waals surface area contributed by atoms with Crippen molar-refractivity contribution in [2.24, 2.45) is 0 Å². The van der Waals surface area contributed by atoms with Gasteiger partial charge in [0.25, 0.3) is 0 Å². The largest absolute Gasteiger partial charge is 0.497 e. The van der Waals surface area contributed by atoms with Crippen LogP contribution in [0.3, 0.4) is 0 Å². The first-order valence-electron chi connectivity index (χ1n) is 9.98. The highest BCUT2D eigenvalue weighted by molar-refractivity contribution is 5.74. The molecule has 0 amide bonds. The molecule has 5 rings (SSSR count). The lowest BCUT2D eigenvalue weighted by Gasteiger charge is -2.28. The highest BCUT2D eigenvalue weighted by Crippen LogP contribution is 2.27. The fourth-order valence-electron chi connectivity index (χ4n) is 3.70. The summed E-state index contributed by atoms with van der Waals surface area (Å²) < 4.78 is 12.7. The smallest absolute Gasteiger partial charge is 0.180 e. The van der Waals surface area contributed by atoms with Gasteiger partial charge in [-0.3, -0.25) is 4.40 Å². The van der Waals surface area contributed by atoms with Crippen LogP contribution in [0.2, 0.25) is 0 Å². The first kappa shape index (κ1) is 18.4. The van der Waals surface area contributed by atoms with E-state index in [1.54, 1.807) is 13.3 Å². The topological polar surface area (TPSA) is 63.9 Å². The number of ether oxygens (including phenoxy) is 2. The number of imidazole rings is 1. The molecule has 0 spiro atoms. The predicted molar refractivity (Wildman–Crippen MR) is 118 cm³/mol. The van der Waals surface area contributed by atoms with E-state index < -0.39 is 0 Å². The Morgan fingerprint density at radius 1 is 0.967 bits per heavy atom. The Balaban J connectivity index is 1.40. The summed E-state index contributed by atoms with van der Waals surface area (Å²) in [4.78, 5) is 11.5. The van der Waals surface area contributed by atoms with Gasteiger partial charge in [0.2, 0.25) is 0 Å². The minimum Gasteiger partial charge on any atom is -0.497 e. The second kappa shape index (κ2) is 8.04. The molecule has 30 heavy (non-hydrogen) atoms. The maximum atomic E-state index is 5.43. The molecule has 0 unspecified atom stereocenters. The van der Waals surface area contributed by atoms with Gasteiger partial charge in [0.15, 0.2) is 11.5 Å². The lowest BCUT2D eigenvalue weighted by atomic mass is 10.1. The molecule has 0 saturated carbocycles. The average molecular weight is 401 g/mol. The zero-order chi connectivity index (χ0) is 20.3. The highest BCUT2D eigenvalue weighted by atomic mass is 16.5. The van der Waals surface area contributed by atoms with Crippen LogP contribution in [0.1, 0.15) is 0 Å². The quantitative estimate of drug-likeness (QED) is 0.546. The zero-order valence-electron chi connectivity index (χ0n) is 16.8. The minimum atomic E-state index is 0.719. The summed E-state index contributed by atoms with van der Waals surface area (Å²) >= 11 is 0. The SMILES string of the molecule is COc1ccc(-c2cnc3c(Nc4ccc(N5CCOCC5)cc4)nccn23)cc1. The van der Waals surface area contributed by atoms with Crippen molar-refractivity contribution >= 4 is 22.8 Å². The number of fused-ring (bicyclic) bond motifs is 1. The molecule has 1 aliphatic rings. The molecule has 1 aliphatic heterocycles. The molecular weight excluding hydrogens is 378 g/mol. The second-order valence-electron chi connectivity index (χ2n) is 7.11. The summed E-state index contributed by atoms with van der Waals surface area (Å²) in [6.07, 6.45) is 5.58. The number of hydrogen-bond donors (Lipinski definition) is 1. The van der Waals surface area contributed by atoms with Crippen molar-refractivity contribution in [1.29, 1.82) is 0 Å². The van der Waals surface area contributed by atoms with E-state index >= 15 is 0 Å². The van der Waals surface area contributed by atoms with Gasteiger partial charge in [-0.2, -0.15) is 0 Å². The molecule has 0 aliphatic carbocycles. The third kappa shape index (κ3) is 3.55. The van der Waals surface area contributed by atoms with Crippen molar-refractivity contribution in [2.75, 3.05) is 43.6 Å². The van der Waals surface area contributed by atoms with Crippen LogP contribution in [0.25, 0.3) is 16.9 Å². The summed E-state index contributed by atoms with van der Waals surface area (Å²) in [6, 6.07) is 16.4. The van der Waals surface area contributed by atoms with Crippen molar-refractivity contribution in [2.45, 2.75) is 0 Å². The van der Waals surface area contributed by atoms with E-state index in [9.17, 15) is 0 Å². The van der Waals surface area contributed by atoms with Gasteiger partial charge >= 0.3 is 0 Å². The molecule has 152 valence electrons. The number of nitrogens with zero attached hydrogens (tertiary/aromatic N) is 4. The minimum absolute atomic E-state index is 0.719. The van der Waals surface area contributed by atoms with Gasteiger partial charge in [-0.1, -0.05) is 0 Å². The lowest BCUT2D eigenvalue weighted by Crippen LogP contribution is -2.36. The molecule has 0 atom stereocenters. The van der Waals surface area contributed by atoms with Crippen LogP contribution in [-0.4, -0.2) is 47.8 Å². The number of morpholine rings is 1. The van der Waals surface area contributed by atoms with Crippen LogP contribution in [0.5, 0.6) is 5.75 Å². The molecule has 1 fully saturated rings. The van der Waals surface area contributed by atoms with E-state index in [2.05, 4.69) is 44.5 Å². The number of benzene rings is 2. The standard InChI is InChI=1S/C23H23N5O2/c1-29-20-8-2-17(3-9-20)21-16-25-23-22(24-10-11-28(21)23)26-18-4-6-19(7-5-18)27-12-14-30-15-13-27/h2-11,16H,12-15H2,1H3,(H,24,26). The Bertz CT molecular complexity index is 1130. The summed E-state index contributed by atoms with van der Waals surface area (Å²) in [5.74, 6) is 1.55. The molecular formula is C23H23N5O2. The van der Waals surface area contributed by atoms with Crippen LogP contribution in [-0.2, 0) is 4.74 Å². The van der Waals surface area contributed by atoms with Crippen molar-refractivity contribution in [3.8, 4) is 17.0 Å². The number of methoxy groups -OCH3 is 1. The summed E-state index contributed by atoms with van der Waals surface area (Å²) in [5, 5.41) is 3.40. The molecule has 0 bridgehead atoms. The van der Waals surface area contributed by atoms with Crippen LogP contribution < -0.4 is 15.0 Å². The first-order chi connectivity index (χ1) is 14.8. The van der Waals surface area contributed by atoms with Crippen molar-refractivity contribution < 1.29 is 9.47 Å². The number of aromatic nitrogens is 3. The Kier molecular flexibility index (Phi) is 4.94. The molecule has 7 nitrogen and oxygen atoms in total. The number of hydrogen-bond acceptors (Lipinski definition) is 6. The van der Waals surface area contributed by atoms with Gasteiger partial charge in [0, 0.05) is 42.4 Å². The maximum absolute atomic E-state index is 5.43. The van der Waals surface area contributed by atoms with Crippen LogP contribution in [0, 0.1) is 0 Å². The fourth-order valence-corrected chi connectivity index (χ4v) is 3.70. The van der Waals surface area contributed by atoms with E-state index in [1.807, 2.05) is 41.1 Å². The Hall–Kier alpha value is -3.58. The van der Waals surface area contributed by atoms with Crippen LogP contribution >= 0.6 is 0 Å². The Morgan fingerprint density at radius 2 is 1.73 bits per heavy atom. The van der Waals surface area contributed by atoms with E-state index in [4.69, 9.17) is 9.47 Å². The monoisotopic (exact) mass is 401 g/mol. The molecule has 2 aromatic heterocycles. The van der Waals surface area contributed by atoms with Crippen LogP contribution in [0.15, 0.2) is 67.1 Å². The van der Waals surface area contributed by atoms with Gasteiger partial charge in [-0.15, -0.1) is 0 Å². The van der Waals surface area contributed by atoms with E-state index in [0.29, 0.717) is 0 Å². The average Bonchev–Trinajstić information content (AvgIpc) is 3.25.